The van der Waals surface area contributed by atoms with Crippen molar-refractivity contribution in [1.82, 2.24) is 5.32 Å². The van der Waals surface area contributed by atoms with Crippen molar-refractivity contribution in [3.8, 4) is 0 Å². The Morgan fingerprint density at radius 1 is 1.71 bits per heavy atom. The van der Waals surface area contributed by atoms with Crippen LogP contribution in [0.2, 0.25) is 0 Å². The van der Waals surface area contributed by atoms with Crippen molar-refractivity contribution in [2.24, 2.45) is 0 Å². The Balaban J connectivity index is 2.77. The van der Waals surface area contributed by atoms with E-state index in [0.717, 1.165) is 0 Å². The molecule has 0 aromatic carbocycles. The van der Waals surface area contributed by atoms with E-state index in [1.807, 2.05) is 0 Å². The summed E-state index contributed by atoms with van der Waals surface area (Å²) in [6.07, 6.45) is 4.70. The molecule has 0 radical (unpaired) electrons. The minimum Gasteiger partial charge on any atom is -0.495 e. The maximum absolute atomic E-state index is 8.56. The first-order valence-corrected chi connectivity index (χ1v) is 1.96. The molecule has 0 aromatic heterocycles. The van der Waals surface area contributed by atoms with E-state index in [2.05, 4.69) is 11.0 Å². The van der Waals surface area contributed by atoms with Gasteiger partial charge in [-0.25, -0.2) is 0 Å². The van der Waals surface area contributed by atoms with Crippen molar-refractivity contribution in [1.29, 1.82) is 0 Å². The zero-order valence-corrected chi connectivity index (χ0v) is 3.68. The van der Waals surface area contributed by atoms with Crippen LogP contribution < -0.4 is 5.32 Å². The van der Waals surface area contributed by atoms with Crippen LogP contribution in [0.3, 0.4) is 0 Å². The summed E-state index contributed by atoms with van der Waals surface area (Å²) in [5.74, 6) is 0.166. The second-order valence-corrected chi connectivity index (χ2v) is 1.17. The summed E-state index contributed by atoms with van der Waals surface area (Å²) in [6, 6.07) is 0. The first kappa shape index (κ1) is 4.03. The monoisotopic (exact) mass is 95.0 g/mol. The van der Waals surface area contributed by atoms with Gasteiger partial charge >= 0.3 is 0 Å². The highest BCUT2D eigenvalue weighted by Crippen LogP contribution is 1.85. The zero-order valence-electron chi connectivity index (χ0n) is 3.68. The highest BCUT2D eigenvalue weighted by molar-refractivity contribution is 5.11. The van der Waals surface area contributed by atoms with Gasteiger partial charge in [0.2, 0.25) is 0 Å². The number of allylic oxidation sites excluding steroid dienone is 2. The Morgan fingerprint density at radius 3 is 2.86 bits per heavy atom. The second kappa shape index (κ2) is 1.54. The van der Waals surface area contributed by atoms with E-state index in [9.17, 15) is 0 Å². The summed E-state index contributed by atoms with van der Waals surface area (Å²) in [5.41, 5.74) is 2.72. The molecule has 1 aliphatic rings. The molecule has 0 saturated heterocycles. The third-order valence-electron chi connectivity index (χ3n) is 0.641. The fraction of sp³-hybridized carbons (Fsp3) is 0. The number of hydrogen-bond acceptors (Lipinski definition) is 2. The lowest BCUT2D eigenvalue weighted by Crippen LogP contribution is -2.03. The van der Waals surface area contributed by atoms with E-state index in [0.29, 0.717) is 0 Å². The first-order chi connectivity index (χ1) is 3.39. The SMILES string of the molecule is OC1=CC=C=CN1. The number of nitrogens with one attached hydrogen (secondary N) is 1. The molecular formula is C5H5NO. The molecule has 36 valence electrons. The zero-order chi connectivity index (χ0) is 5.11. The van der Waals surface area contributed by atoms with E-state index in [4.69, 9.17) is 5.11 Å². The van der Waals surface area contributed by atoms with Crippen LogP contribution in [-0.2, 0) is 0 Å². The lowest BCUT2D eigenvalue weighted by Gasteiger charge is -1.95. The van der Waals surface area contributed by atoms with Gasteiger partial charge in [0, 0.05) is 12.3 Å². The molecule has 1 rings (SSSR count). The Hall–Kier alpha value is -1.14. The van der Waals surface area contributed by atoms with Crippen LogP contribution in [0.1, 0.15) is 0 Å². The molecule has 2 heteroatoms. The molecule has 0 fully saturated rings. The maximum atomic E-state index is 8.56. The Morgan fingerprint density at radius 2 is 2.57 bits per heavy atom. The van der Waals surface area contributed by atoms with Crippen molar-refractivity contribution in [2.45, 2.75) is 0 Å². The summed E-state index contributed by atoms with van der Waals surface area (Å²) in [5, 5.41) is 11.1. The van der Waals surface area contributed by atoms with Gasteiger partial charge in [-0.3, -0.25) is 0 Å². The quantitative estimate of drug-likeness (QED) is 0.433. The second-order valence-electron chi connectivity index (χ2n) is 1.17. The van der Waals surface area contributed by atoms with Gasteiger partial charge in [0.15, 0.2) is 5.88 Å². The summed E-state index contributed by atoms with van der Waals surface area (Å²) in [4.78, 5) is 0. The molecule has 0 spiro atoms. The molecule has 0 bridgehead atoms. The van der Waals surface area contributed by atoms with Gasteiger partial charge in [0.25, 0.3) is 0 Å². The van der Waals surface area contributed by atoms with Crippen molar-refractivity contribution in [3.63, 3.8) is 0 Å². The number of hydrogen-bond donors (Lipinski definition) is 2. The average Bonchev–Trinajstić information content (AvgIpc) is 1.69. The van der Waals surface area contributed by atoms with Gasteiger partial charge in [-0.1, -0.05) is 0 Å². The highest BCUT2D eigenvalue weighted by Gasteiger charge is 1.83. The van der Waals surface area contributed by atoms with Gasteiger partial charge in [-0.2, -0.15) is 0 Å². The van der Waals surface area contributed by atoms with E-state index in [-0.39, 0.29) is 5.88 Å². The predicted octanol–water partition coefficient (Wildman–Crippen LogP) is 0.658. The van der Waals surface area contributed by atoms with Crippen molar-refractivity contribution >= 4 is 0 Å². The molecule has 0 saturated carbocycles. The van der Waals surface area contributed by atoms with E-state index in [1.165, 1.54) is 12.3 Å². The molecule has 1 aliphatic heterocycles. The third-order valence-corrected chi connectivity index (χ3v) is 0.641. The van der Waals surface area contributed by atoms with Gasteiger partial charge < -0.3 is 10.4 Å². The van der Waals surface area contributed by atoms with Crippen LogP contribution in [0.25, 0.3) is 0 Å². The number of aliphatic hydroxyl groups excluding tert-OH is 1. The molecule has 1 heterocycles. The van der Waals surface area contributed by atoms with Crippen molar-refractivity contribution in [3.05, 3.63) is 30.0 Å². The van der Waals surface area contributed by atoms with Gasteiger partial charge in [0.05, 0.1) is 0 Å². The summed E-state index contributed by atoms with van der Waals surface area (Å²) in [7, 11) is 0. The normalized spacial score (nSPS) is 15.7. The minimum atomic E-state index is 0.166. The highest BCUT2D eigenvalue weighted by atomic mass is 16.3. The molecule has 0 aliphatic carbocycles. The van der Waals surface area contributed by atoms with E-state index >= 15 is 0 Å². The summed E-state index contributed by atoms with van der Waals surface area (Å²) >= 11 is 0. The fourth-order valence-electron chi connectivity index (χ4n) is 0.339. The van der Waals surface area contributed by atoms with Crippen LogP contribution >= 0.6 is 0 Å². The lowest BCUT2D eigenvalue weighted by atomic mass is 10.5. The summed E-state index contributed by atoms with van der Waals surface area (Å²) < 4.78 is 0. The minimum absolute atomic E-state index is 0.166. The molecular weight excluding hydrogens is 90.1 g/mol. The molecule has 0 amide bonds. The maximum Gasteiger partial charge on any atom is 0.189 e. The molecule has 7 heavy (non-hydrogen) atoms. The van der Waals surface area contributed by atoms with Crippen LogP contribution in [-0.4, -0.2) is 5.11 Å². The Labute approximate surface area is 41.5 Å². The van der Waals surface area contributed by atoms with Crippen LogP contribution in [0.15, 0.2) is 30.0 Å². The molecule has 0 atom stereocenters. The molecule has 2 nitrogen and oxygen atoms in total. The van der Waals surface area contributed by atoms with Crippen LogP contribution in [0.4, 0.5) is 0 Å². The van der Waals surface area contributed by atoms with E-state index < -0.39 is 0 Å². The third kappa shape index (κ3) is 0.845. The van der Waals surface area contributed by atoms with Crippen LogP contribution in [0.5, 0.6) is 0 Å². The van der Waals surface area contributed by atoms with Crippen LogP contribution in [0, 0.1) is 0 Å². The Bertz CT molecular complexity index is 151. The fourth-order valence-corrected chi connectivity index (χ4v) is 0.339. The average molecular weight is 95.1 g/mol. The molecule has 0 aromatic rings. The molecule has 2 N–H and O–H groups in total. The lowest BCUT2D eigenvalue weighted by molar-refractivity contribution is 0.382. The van der Waals surface area contributed by atoms with Gasteiger partial charge in [-0.05, 0) is 6.08 Å². The number of rotatable bonds is 0. The van der Waals surface area contributed by atoms with E-state index in [1.54, 1.807) is 6.08 Å². The number of aliphatic hydroxyl groups is 1. The Kier molecular flexibility index (Phi) is 0.886. The smallest absolute Gasteiger partial charge is 0.189 e. The largest absolute Gasteiger partial charge is 0.495 e. The topological polar surface area (TPSA) is 32.3 Å². The standard InChI is InChI=1S/C5H5NO/c7-5-3-1-2-4-6-5/h1,3-4,6-7H. The predicted molar refractivity (Wildman–Crippen MR) is 26.5 cm³/mol. The molecule has 0 unspecified atom stereocenters. The first-order valence-electron chi connectivity index (χ1n) is 1.96. The van der Waals surface area contributed by atoms with Gasteiger partial charge in [-0.15, -0.1) is 5.73 Å². The summed E-state index contributed by atoms with van der Waals surface area (Å²) in [6.45, 7) is 0. The van der Waals surface area contributed by atoms with Crippen molar-refractivity contribution in [2.75, 3.05) is 0 Å². The van der Waals surface area contributed by atoms with Crippen molar-refractivity contribution < 1.29 is 5.11 Å². The van der Waals surface area contributed by atoms with Gasteiger partial charge in [0.1, 0.15) is 0 Å².